The molecule has 0 aliphatic rings. The van der Waals surface area contributed by atoms with Gasteiger partial charge in [0.15, 0.2) is 5.82 Å². The third-order valence-electron chi connectivity index (χ3n) is 6.11. The fourth-order valence-electron chi connectivity index (χ4n) is 3.96. The minimum Gasteiger partial charge on any atom is -0.382 e. The molecule has 0 radical (unpaired) electrons. The molecule has 2 aromatic heterocycles. The van der Waals surface area contributed by atoms with Crippen LogP contribution >= 0.6 is 0 Å². The van der Waals surface area contributed by atoms with Gasteiger partial charge < -0.3 is 16.2 Å². The lowest BCUT2D eigenvalue weighted by atomic mass is 9.99. The number of amides is 1. The van der Waals surface area contributed by atoms with Crippen LogP contribution in [0.2, 0.25) is 0 Å². The Labute approximate surface area is 203 Å². The average Bonchev–Trinajstić information content (AvgIpc) is 2.81. The Morgan fingerprint density at radius 1 is 1.09 bits per heavy atom. The predicted octanol–water partition coefficient (Wildman–Crippen LogP) is 4.95. The van der Waals surface area contributed by atoms with Crippen molar-refractivity contribution in [1.82, 2.24) is 15.0 Å². The molecule has 0 aliphatic carbocycles. The van der Waals surface area contributed by atoms with Gasteiger partial charge in [0.25, 0.3) is 0 Å². The molecule has 2 heterocycles. The molecule has 35 heavy (non-hydrogen) atoms. The standard InChI is InChI=1S/C27H28FN5O2/c1-14-15(2)32-23-9-7-17(19-12-30-26(31-13-19)27(4,5)35)10-21(23)24(14)33-16(3)20-11-18(25(29)34)6-8-22(20)28/h6-13,16,35H,1-5H3,(H2,29,34)(H,32,33). The normalized spacial score (nSPS) is 12.5. The monoisotopic (exact) mass is 473 g/mol. The van der Waals surface area contributed by atoms with E-state index in [1.807, 2.05) is 39.0 Å². The van der Waals surface area contributed by atoms with Crippen molar-refractivity contribution in [2.75, 3.05) is 5.32 Å². The maximum Gasteiger partial charge on any atom is 0.248 e. The topological polar surface area (TPSA) is 114 Å². The summed E-state index contributed by atoms with van der Waals surface area (Å²) in [5, 5.41) is 14.4. The summed E-state index contributed by atoms with van der Waals surface area (Å²) in [6.45, 7) is 8.99. The summed E-state index contributed by atoms with van der Waals surface area (Å²) in [6.07, 6.45) is 3.35. The number of carbonyl (C=O) groups excluding carboxylic acids is 1. The van der Waals surface area contributed by atoms with Crippen LogP contribution in [-0.4, -0.2) is 26.0 Å². The van der Waals surface area contributed by atoms with Gasteiger partial charge in [-0.15, -0.1) is 0 Å². The van der Waals surface area contributed by atoms with Crippen molar-refractivity contribution in [3.8, 4) is 11.1 Å². The van der Waals surface area contributed by atoms with Gasteiger partial charge in [-0.2, -0.15) is 0 Å². The van der Waals surface area contributed by atoms with Crippen LogP contribution in [0.1, 0.15) is 59.8 Å². The maximum absolute atomic E-state index is 14.6. The number of aliphatic hydroxyl groups is 1. The highest BCUT2D eigenvalue weighted by atomic mass is 19.1. The third-order valence-corrected chi connectivity index (χ3v) is 6.11. The second-order valence-electron chi connectivity index (χ2n) is 9.25. The molecule has 1 atom stereocenters. The number of hydrogen-bond donors (Lipinski definition) is 3. The number of aryl methyl sites for hydroxylation is 1. The number of carbonyl (C=O) groups is 1. The minimum absolute atomic E-state index is 0.249. The fourth-order valence-corrected chi connectivity index (χ4v) is 3.96. The zero-order valence-electron chi connectivity index (χ0n) is 20.3. The molecule has 8 heteroatoms. The van der Waals surface area contributed by atoms with Gasteiger partial charge >= 0.3 is 0 Å². The number of pyridine rings is 1. The molecule has 0 saturated heterocycles. The Balaban J connectivity index is 1.78. The van der Waals surface area contributed by atoms with Gasteiger partial charge in [0, 0.05) is 45.9 Å². The van der Waals surface area contributed by atoms with Gasteiger partial charge in [0.2, 0.25) is 5.91 Å². The van der Waals surface area contributed by atoms with Crippen LogP contribution in [-0.2, 0) is 5.60 Å². The van der Waals surface area contributed by atoms with E-state index in [1.54, 1.807) is 26.2 Å². The molecule has 1 unspecified atom stereocenters. The van der Waals surface area contributed by atoms with Crippen LogP contribution in [0, 0.1) is 19.7 Å². The van der Waals surface area contributed by atoms with Crippen molar-refractivity contribution in [3.63, 3.8) is 0 Å². The molecule has 4 rings (SSSR count). The molecular weight excluding hydrogens is 445 g/mol. The summed E-state index contributed by atoms with van der Waals surface area (Å²) in [7, 11) is 0. The first-order chi connectivity index (χ1) is 16.5. The molecule has 0 spiro atoms. The maximum atomic E-state index is 14.6. The molecular formula is C27H28FN5O2. The molecule has 7 nitrogen and oxygen atoms in total. The Hall–Kier alpha value is -3.91. The van der Waals surface area contributed by atoms with Gasteiger partial charge in [0.05, 0.1) is 11.6 Å². The Kier molecular flexibility index (Phi) is 6.25. The molecule has 180 valence electrons. The summed E-state index contributed by atoms with van der Waals surface area (Å²) in [5.74, 6) is -0.693. The van der Waals surface area contributed by atoms with Gasteiger partial charge in [-0.25, -0.2) is 14.4 Å². The quantitative estimate of drug-likeness (QED) is 0.365. The van der Waals surface area contributed by atoms with Crippen molar-refractivity contribution in [2.45, 2.75) is 46.3 Å². The van der Waals surface area contributed by atoms with Crippen molar-refractivity contribution < 1.29 is 14.3 Å². The molecule has 4 N–H and O–H groups in total. The number of primary amides is 1. The molecule has 0 bridgehead atoms. The highest BCUT2D eigenvalue weighted by Gasteiger charge is 2.20. The van der Waals surface area contributed by atoms with E-state index >= 15 is 0 Å². The first-order valence-electron chi connectivity index (χ1n) is 11.3. The SMILES string of the molecule is Cc1nc2ccc(-c3cnc(C(C)(C)O)nc3)cc2c(NC(C)c2cc(C(N)=O)ccc2F)c1C. The summed E-state index contributed by atoms with van der Waals surface area (Å²) in [4.78, 5) is 24.9. The Morgan fingerprint density at radius 3 is 2.40 bits per heavy atom. The zero-order chi connectivity index (χ0) is 25.5. The third kappa shape index (κ3) is 4.83. The second kappa shape index (κ2) is 9.03. The molecule has 0 aliphatic heterocycles. The van der Waals surface area contributed by atoms with Crippen LogP contribution < -0.4 is 11.1 Å². The van der Waals surface area contributed by atoms with E-state index in [4.69, 9.17) is 10.7 Å². The van der Waals surface area contributed by atoms with Crippen molar-refractivity contribution in [1.29, 1.82) is 0 Å². The molecule has 4 aromatic rings. The largest absolute Gasteiger partial charge is 0.382 e. The highest BCUT2D eigenvalue weighted by Crippen LogP contribution is 2.34. The summed E-state index contributed by atoms with van der Waals surface area (Å²) >= 11 is 0. The van der Waals surface area contributed by atoms with Crippen LogP contribution in [0.3, 0.4) is 0 Å². The van der Waals surface area contributed by atoms with E-state index in [1.165, 1.54) is 18.2 Å². The second-order valence-corrected chi connectivity index (χ2v) is 9.25. The number of benzene rings is 2. The van der Waals surface area contributed by atoms with Crippen molar-refractivity contribution >= 4 is 22.5 Å². The number of aromatic nitrogens is 3. The van der Waals surface area contributed by atoms with E-state index in [2.05, 4.69) is 15.3 Å². The van der Waals surface area contributed by atoms with E-state index in [0.29, 0.717) is 11.4 Å². The number of hydrogen-bond acceptors (Lipinski definition) is 6. The lowest BCUT2D eigenvalue weighted by Crippen LogP contribution is -2.19. The number of nitrogens with zero attached hydrogens (tertiary/aromatic N) is 3. The van der Waals surface area contributed by atoms with Crippen LogP contribution in [0.25, 0.3) is 22.0 Å². The van der Waals surface area contributed by atoms with E-state index in [9.17, 15) is 14.3 Å². The number of nitrogens with one attached hydrogen (secondary N) is 1. The van der Waals surface area contributed by atoms with Gasteiger partial charge in [-0.1, -0.05) is 6.07 Å². The predicted molar refractivity (Wildman–Crippen MR) is 134 cm³/mol. The Bertz CT molecular complexity index is 1430. The average molecular weight is 474 g/mol. The highest BCUT2D eigenvalue weighted by molar-refractivity contribution is 5.96. The molecule has 1 amide bonds. The number of fused-ring (bicyclic) bond motifs is 1. The number of anilines is 1. The van der Waals surface area contributed by atoms with Gasteiger partial charge in [-0.05, 0) is 76.1 Å². The van der Waals surface area contributed by atoms with Crippen molar-refractivity contribution in [3.05, 3.63) is 82.8 Å². The van der Waals surface area contributed by atoms with Gasteiger partial charge in [0.1, 0.15) is 11.4 Å². The van der Waals surface area contributed by atoms with E-state index < -0.39 is 23.4 Å². The molecule has 2 aromatic carbocycles. The van der Waals surface area contributed by atoms with Gasteiger partial charge in [-0.3, -0.25) is 9.78 Å². The minimum atomic E-state index is -1.13. The first-order valence-corrected chi connectivity index (χ1v) is 11.3. The van der Waals surface area contributed by atoms with Crippen LogP contribution in [0.5, 0.6) is 0 Å². The summed E-state index contributed by atoms with van der Waals surface area (Å²) in [5.41, 5.74) is 9.91. The molecule has 0 saturated carbocycles. The smallest absolute Gasteiger partial charge is 0.248 e. The summed E-state index contributed by atoms with van der Waals surface area (Å²) < 4.78 is 14.6. The Morgan fingerprint density at radius 2 is 1.77 bits per heavy atom. The molecule has 0 fully saturated rings. The van der Waals surface area contributed by atoms with E-state index in [0.717, 1.165) is 39.0 Å². The lowest BCUT2D eigenvalue weighted by molar-refractivity contribution is 0.0687. The van der Waals surface area contributed by atoms with Crippen molar-refractivity contribution in [2.24, 2.45) is 5.73 Å². The summed E-state index contributed by atoms with van der Waals surface area (Å²) in [6, 6.07) is 9.52. The number of nitrogens with two attached hydrogens (primary N) is 1. The zero-order valence-corrected chi connectivity index (χ0v) is 20.3. The first kappa shape index (κ1) is 24.2. The van der Waals surface area contributed by atoms with Crippen LogP contribution in [0.15, 0.2) is 48.8 Å². The van der Waals surface area contributed by atoms with Crippen LogP contribution in [0.4, 0.5) is 10.1 Å². The fraction of sp³-hybridized carbons (Fsp3) is 0.259. The number of rotatable bonds is 6. The lowest BCUT2D eigenvalue weighted by Gasteiger charge is -2.21. The van der Waals surface area contributed by atoms with E-state index in [-0.39, 0.29) is 5.56 Å². The number of halogens is 1.